The third-order valence-electron chi connectivity index (χ3n) is 3.62. The predicted molar refractivity (Wildman–Crippen MR) is 79.3 cm³/mol. The minimum atomic E-state index is -0.467. The van der Waals surface area contributed by atoms with Crippen LogP contribution in [0.3, 0.4) is 0 Å². The molecular weight excluding hydrogens is 306 g/mol. The fourth-order valence-electron chi connectivity index (χ4n) is 2.45. The molecule has 19 heavy (non-hydrogen) atoms. The van der Waals surface area contributed by atoms with Crippen LogP contribution in [0.2, 0.25) is 0 Å². The van der Waals surface area contributed by atoms with Crippen molar-refractivity contribution in [1.29, 1.82) is 0 Å². The number of nitrogens with one attached hydrogen (secondary N) is 1. The molecule has 1 unspecified atom stereocenters. The number of esters is 1. The summed E-state index contributed by atoms with van der Waals surface area (Å²) in [6.45, 7) is 3.72. The minimum Gasteiger partial charge on any atom is -0.453 e. The van der Waals surface area contributed by atoms with Crippen molar-refractivity contribution in [2.24, 2.45) is 0 Å². The van der Waals surface area contributed by atoms with Crippen molar-refractivity contribution < 1.29 is 9.53 Å². The van der Waals surface area contributed by atoms with Gasteiger partial charge in [-0.25, -0.2) is 0 Å². The van der Waals surface area contributed by atoms with Crippen LogP contribution in [-0.2, 0) is 15.1 Å². The zero-order valence-electron chi connectivity index (χ0n) is 11.2. The van der Waals surface area contributed by atoms with Gasteiger partial charge in [-0.1, -0.05) is 53.2 Å². The predicted octanol–water partition coefficient (Wildman–Crippen LogP) is 2.98. The fraction of sp³-hybridized carbons (Fsp3) is 0.533. The van der Waals surface area contributed by atoms with Crippen molar-refractivity contribution in [1.82, 2.24) is 5.32 Å². The highest BCUT2D eigenvalue weighted by Gasteiger charge is 2.38. The molecule has 1 aromatic rings. The Bertz CT molecular complexity index is 415. The number of halogens is 1. The minimum absolute atomic E-state index is 0.159. The molecule has 1 aliphatic heterocycles. The SMILES string of the molecule is CCC(Br)C(=O)OC1(c2ccccc2)CCNCC1. The summed E-state index contributed by atoms with van der Waals surface area (Å²) in [5.41, 5.74) is 0.630. The van der Waals surface area contributed by atoms with Crippen LogP contribution in [0.15, 0.2) is 30.3 Å². The van der Waals surface area contributed by atoms with Crippen molar-refractivity contribution in [3.8, 4) is 0 Å². The van der Waals surface area contributed by atoms with E-state index in [1.54, 1.807) is 0 Å². The third kappa shape index (κ3) is 3.37. The second kappa shape index (κ2) is 6.53. The summed E-state index contributed by atoms with van der Waals surface area (Å²) in [5.74, 6) is -0.159. The van der Waals surface area contributed by atoms with Crippen LogP contribution in [0.25, 0.3) is 0 Å². The third-order valence-corrected chi connectivity index (χ3v) is 4.64. The van der Waals surface area contributed by atoms with Crippen LogP contribution >= 0.6 is 15.9 Å². The summed E-state index contributed by atoms with van der Waals surface area (Å²) in [5, 5.41) is 3.32. The molecule has 2 rings (SSSR count). The molecule has 0 spiro atoms. The standard InChI is InChI=1S/C15H20BrNO2/c1-2-13(16)14(18)19-15(8-10-17-11-9-15)12-6-4-3-5-7-12/h3-7,13,17H,2,8-11H2,1H3. The molecule has 1 N–H and O–H groups in total. The van der Waals surface area contributed by atoms with Crippen LogP contribution in [0, 0.1) is 0 Å². The van der Waals surface area contributed by atoms with Gasteiger partial charge in [0.15, 0.2) is 0 Å². The number of carbonyl (C=O) groups is 1. The van der Waals surface area contributed by atoms with Crippen molar-refractivity contribution in [2.75, 3.05) is 13.1 Å². The Balaban J connectivity index is 2.23. The molecule has 1 aromatic carbocycles. The first kappa shape index (κ1) is 14.5. The van der Waals surface area contributed by atoms with Gasteiger partial charge in [-0.2, -0.15) is 0 Å². The molecule has 1 atom stereocenters. The number of piperidine rings is 1. The molecule has 1 fully saturated rings. The number of benzene rings is 1. The van der Waals surface area contributed by atoms with E-state index in [1.807, 2.05) is 37.3 Å². The molecule has 0 radical (unpaired) electrons. The molecule has 4 heteroatoms. The van der Waals surface area contributed by atoms with Gasteiger partial charge >= 0.3 is 5.97 Å². The number of hydrogen-bond acceptors (Lipinski definition) is 3. The molecule has 0 aliphatic carbocycles. The van der Waals surface area contributed by atoms with Crippen molar-refractivity contribution >= 4 is 21.9 Å². The Kier molecular flexibility index (Phi) is 4.99. The number of hydrogen-bond donors (Lipinski definition) is 1. The first-order valence-electron chi connectivity index (χ1n) is 6.81. The summed E-state index contributed by atoms with van der Waals surface area (Å²) in [7, 11) is 0. The highest BCUT2D eigenvalue weighted by Crippen LogP contribution is 2.35. The molecular formula is C15H20BrNO2. The second-order valence-electron chi connectivity index (χ2n) is 4.91. The normalized spacial score (nSPS) is 19.7. The van der Waals surface area contributed by atoms with Gasteiger partial charge < -0.3 is 10.1 Å². The average Bonchev–Trinajstić information content (AvgIpc) is 2.48. The molecule has 104 valence electrons. The maximum Gasteiger partial charge on any atom is 0.320 e. The summed E-state index contributed by atoms with van der Waals surface area (Å²) in [6, 6.07) is 10.1. The first-order chi connectivity index (χ1) is 9.18. The molecule has 1 saturated heterocycles. The number of alkyl halides is 1. The summed E-state index contributed by atoms with van der Waals surface area (Å²) in [6.07, 6.45) is 2.39. The van der Waals surface area contributed by atoms with Crippen LogP contribution in [0.5, 0.6) is 0 Å². The second-order valence-corrected chi connectivity index (χ2v) is 6.01. The zero-order valence-corrected chi connectivity index (χ0v) is 12.8. The smallest absolute Gasteiger partial charge is 0.320 e. The first-order valence-corrected chi connectivity index (χ1v) is 7.73. The van der Waals surface area contributed by atoms with E-state index in [4.69, 9.17) is 4.74 Å². The molecule has 0 bridgehead atoms. The van der Waals surface area contributed by atoms with E-state index in [0.717, 1.165) is 37.9 Å². The number of carbonyl (C=O) groups excluding carboxylic acids is 1. The van der Waals surface area contributed by atoms with E-state index in [1.165, 1.54) is 0 Å². The van der Waals surface area contributed by atoms with Crippen LogP contribution < -0.4 is 5.32 Å². The zero-order chi connectivity index (χ0) is 13.7. The molecule has 1 heterocycles. The van der Waals surface area contributed by atoms with Gasteiger partial charge in [0.05, 0.1) is 0 Å². The summed E-state index contributed by atoms with van der Waals surface area (Å²) < 4.78 is 5.89. The lowest BCUT2D eigenvalue weighted by Crippen LogP contribution is -2.44. The van der Waals surface area contributed by atoms with E-state index >= 15 is 0 Å². The van der Waals surface area contributed by atoms with Crippen molar-refractivity contribution in [2.45, 2.75) is 36.6 Å². The number of ether oxygens (including phenoxy) is 1. The Morgan fingerprint density at radius 2 is 2.00 bits per heavy atom. The average molecular weight is 326 g/mol. The lowest BCUT2D eigenvalue weighted by Gasteiger charge is -2.38. The maximum absolute atomic E-state index is 12.1. The molecule has 0 saturated carbocycles. The lowest BCUT2D eigenvalue weighted by atomic mass is 9.84. The quantitative estimate of drug-likeness (QED) is 0.683. The van der Waals surface area contributed by atoms with E-state index in [0.29, 0.717) is 0 Å². The molecule has 0 aromatic heterocycles. The highest BCUT2D eigenvalue weighted by atomic mass is 79.9. The fourth-order valence-corrected chi connectivity index (χ4v) is 2.54. The van der Waals surface area contributed by atoms with E-state index in [2.05, 4.69) is 21.2 Å². The topological polar surface area (TPSA) is 38.3 Å². The monoisotopic (exact) mass is 325 g/mol. The van der Waals surface area contributed by atoms with Crippen LogP contribution in [0.4, 0.5) is 0 Å². The Morgan fingerprint density at radius 3 is 2.58 bits per heavy atom. The van der Waals surface area contributed by atoms with Gasteiger partial charge in [0.2, 0.25) is 0 Å². The largest absolute Gasteiger partial charge is 0.453 e. The van der Waals surface area contributed by atoms with Gasteiger partial charge in [0.1, 0.15) is 10.4 Å². The van der Waals surface area contributed by atoms with Crippen LogP contribution in [0.1, 0.15) is 31.7 Å². The number of rotatable bonds is 4. The van der Waals surface area contributed by atoms with Crippen LogP contribution in [-0.4, -0.2) is 23.9 Å². The van der Waals surface area contributed by atoms with E-state index < -0.39 is 5.60 Å². The Hall–Kier alpha value is -0.870. The van der Waals surface area contributed by atoms with Gasteiger partial charge in [-0.15, -0.1) is 0 Å². The van der Waals surface area contributed by atoms with Gasteiger partial charge in [0.25, 0.3) is 0 Å². The lowest BCUT2D eigenvalue weighted by molar-refractivity contribution is -0.163. The Morgan fingerprint density at radius 1 is 1.37 bits per heavy atom. The van der Waals surface area contributed by atoms with Gasteiger partial charge in [0, 0.05) is 12.8 Å². The van der Waals surface area contributed by atoms with Gasteiger partial charge in [-0.3, -0.25) is 4.79 Å². The van der Waals surface area contributed by atoms with E-state index in [-0.39, 0.29) is 10.8 Å². The molecule has 3 nitrogen and oxygen atoms in total. The van der Waals surface area contributed by atoms with Crippen molar-refractivity contribution in [3.05, 3.63) is 35.9 Å². The highest BCUT2D eigenvalue weighted by molar-refractivity contribution is 9.10. The molecule has 0 amide bonds. The molecule has 1 aliphatic rings. The van der Waals surface area contributed by atoms with Crippen molar-refractivity contribution in [3.63, 3.8) is 0 Å². The maximum atomic E-state index is 12.1. The van der Waals surface area contributed by atoms with Gasteiger partial charge in [-0.05, 0) is 25.1 Å². The van der Waals surface area contributed by atoms with E-state index in [9.17, 15) is 4.79 Å². The summed E-state index contributed by atoms with van der Waals surface area (Å²) in [4.78, 5) is 11.9. The Labute approximate surface area is 122 Å². The summed E-state index contributed by atoms with van der Waals surface area (Å²) >= 11 is 3.38.